The van der Waals surface area contributed by atoms with E-state index in [2.05, 4.69) is 0 Å². The number of carbonyl (C=O) groups is 2. The standard InChI is InChI=1S/C13H8FNO2S/c14-9-1-2-10-11(5-9)15(13(17)12(10)16)6-8-3-4-18-7-8/h1-5,7H,6H2. The van der Waals surface area contributed by atoms with E-state index >= 15 is 0 Å². The first-order chi connectivity index (χ1) is 8.66. The smallest absolute Gasteiger partial charge is 0.299 e. The largest absolute Gasteiger partial charge is 0.300 e. The first-order valence-electron chi connectivity index (χ1n) is 5.33. The predicted octanol–water partition coefficient (Wildman–Crippen LogP) is 2.62. The fourth-order valence-electron chi connectivity index (χ4n) is 1.99. The van der Waals surface area contributed by atoms with Gasteiger partial charge in [0.05, 0.1) is 17.8 Å². The van der Waals surface area contributed by atoms with Gasteiger partial charge < -0.3 is 4.90 Å². The lowest BCUT2D eigenvalue weighted by Crippen LogP contribution is -2.28. The number of rotatable bonds is 2. The molecule has 0 aliphatic carbocycles. The van der Waals surface area contributed by atoms with Crippen molar-refractivity contribution >= 4 is 28.7 Å². The number of nitrogens with zero attached hydrogens (tertiary/aromatic N) is 1. The second kappa shape index (κ2) is 4.03. The number of carbonyl (C=O) groups excluding carboxylic acids is 2. The van der Waals surface area contributed by atoms with E-state index in [-0.39, 0.29) is 5.56 Å². The van der Waals surface area contributed by atoms with Gasteiger partial charge in [0.25, 0.3) is 11.7 Å². The normalized spacial score (nSPS) is 14.2. The number of halogens is 1. The van der Waals surface area contributed by atoms with Gasteiger partial charge >= 0.3 is 0 Å². The van der Waals surface area contributed by atoms with Crippen LogP contribution in [0.3, 0.4) is 0 Å². The van der Waals surface area contributed by atoms with Crippen LogP contribution >= 0.6 is 11.3 Å². The number of ketones is 1. The molecule has 1 aliphatic heterocycles. The average Bonchev–Trinajstić information content (AvgIpc) is 2.93. The van der Waals surface area contributed by atoms with Gasteiger partial charge in [0.1, 0.15) is 5.82 Å². The molecule has 0 unspecified atom stereocenters. The fraction of sp³-hybridized carbons (Fsp3) is 0.0769. The second-order valence-corrected chi connectivity index (χ2v) is 4.79. The summed E-state index contributed by atoms with van der Waals surface area (Å²) < 4.78 is 13.2. The monoisotopic (exact) mass is 261 g/mol. The van der Waals surface area contributed by atoms with E-state index in [4.69, 9.17) is 0 Å². The van der Waals surface area contributed by atoms with Gasteiger partial charge in [-0.15, -0.1) is 0 Å². The van der Waals surface area contributed by atoms with Gasteiger partial charge in [-0.3, -0.25) is 9.59 Å². The van der Waals surface area contributed by atoms with E-state index in [1.807, 2.05) is 16.8 Å². The van der Waals surface area contributed by atoms with Crippen molar-refractivity contribution in [2.45, 2.75) is 6.54 Å². The number of amides is 1. The number of hydrogen-bond acceptors (Lipinski definition) is 3. The second-order valence-electron chi connectivity index (χ2n) is 4.01. The lowest BCUT2D eigenvalue weighted by atomic mass is 10.1. The average molecular weight is 261 g/mol. The molecule has 3 rings (SSSR count). The van der Waals surface area contributed by atoms with Crippen molar-refractivity contribution in [3.05, 3.63) is 52.0 Å². The molecule has 0 bridgehead atoms. The van der Waals surface area contributed by atoms with Gasteiger partial charge in [0.15, 0.2) is 0 Å². The number of anilines is 1. The number of hydrogen-bond donors (Lipinski definition) is 0. The molecule has 2 heterocycles. The molecule has 90 valence electrons. The highest BCUT2D eigenvalue weighted by atomic mass is 32.1. The van der Waals surface area contributed by atoms with Crippen molar-refractivity contribution in [2.75, 3.05) is 4.90 Å². The summed E-state index contributed by atoms with van der Waals surface area (Å²) in [5.74, 6) is -1.62. The fourth-order valence-corrected chi connectivity index (χ4v) is 2.65. The first kappa shape index (κ1) is 11.1. The zero-order chi connectivity index (χ0) is 12.7. The van der Waals surface area contributed by atoms with E-state index in [9.17, 15) is 14.0 Å². The van der Waals surface area contributed by atoms with E-state index in [1.54, 1.807) is 0 Å². The lowest BCUT2D eigenvalue weighted by Gasteiger charge is -2.15. The summed E-state index contributed by atoms with van der Waals surface area (Å²) in [7, 11) is 0. The van der Waals surface area contributed by atoms with Crippen molar-refractivity contribution in [2.24, 2.45) is 0 Å². The van der Waals surface area contributed by atoms with Crippen molar-refractivity contribution in [3.63, 3.8) is 0 Å². The van der Waals surface area contributed by atoms with Gasteiger partial charge in [-0.1, -0.05) is 0 Å². The Morgan fingerprint density at radius 3 is 2.78 bits per heavy atom. The van der Waals surface area contributed by atoms with Crippen LogP contribution in [0.5, 0.6) is 0 Å². The number of benzene rings is 1. The Labute approximate surface area is 106 Å². The Morgan fingerprint density at radius 1 is 1.22 bits per heavy atom. The Balaban J connectivity index is 2.03. The summed E-state index contributed by atoms with van der Waals surface area (Å²) in [5.41, 5.74) is 1.56. The maximum absolute atomic E-state index is 13.2. The maximum atomic E-state index is 13.2. The van der Waals surface area contributed by atoms with Crippen molar-refractivity contribution in [1.29, 1.82) is 0 Å². The minimum Gasteiger partial charge on any atom is -0.300 e. The highest BCUT2D eigenvalue weighted by Gasteiger charge is 2.35. The van der Waals surface area contributed by atoms with Gasteiger partial charge in [0.2, 0.25) is 0 Å². The molecule has 0 N–H and O–H groups in total. The topological polar surface area (TPSA) is 37.4 Å². The van der Waals surface area contributed by atoms with E-state index in [0.29, 0.717) is 12.2 Å². The molecule has 1 aromatic heterocycles. The highest BCUT2D eigenvalue weighted by molar-refractivity contribution is 7.07. The number of Topliss-reactive ketones (excluding diaryl/α,β-unsaturated/α-hetero) is 1. The van der Waals surface area contributed by atoms with E-state index < -0.39 is 17.5 Å². The Morgan fingerprint density at radius 2 is 2.06 bits per heavy atom. The van der Waals surface area contributed by atoms with Gasteiger partial charge in [-0.05, 0) is 40.6 Å². The molecule has 2 aromatic rings. The molecule has 1 amide bonds. The van der Waals surface area contributed by atoms with Gasteiger partial charge in [-0.2, -0.15) is 11.3 Å². The maximum Gasteiger partial charge on any atom is 0.299 e. The summed E-state index contributed by atoms with van der Waals surface area (Å²) in [6.45, 7) is 0.296. The third-order valence-electron chi connectivity index (χ3n) is 2.86. The predicted molar refractivity (Wildman–Crippen MR) is 66.2 cm³/mol. The van der Waals surface area contributed by atoms with Crippen LogP contribution in [0, 0.1) is 5.82 Å². The molecule has 18 heavy (non-hydrogen) atoms. The summed E-state index contributed by atoms with van der Waals surface area (Å²) in [6, 6.07) is 5.65. The molecule has 0 radical (unpaired) electrons. The first-order valence-corrected chi connectivity index (χ1v) is 6.28. The third-order valence-corrected chi connectivity index (χ3v) is 3.59. The number of fused-ring (bicyclic) bond motifs is 1. The summed E-state index contributed by atoms with van der Waals surface area (Å²) in [4.78, 5) is 24.9. The zero-order valence-corrected chi connectivity index (χ0v) is 10.0. The Kier molecular flexibility index (Phi) is 2.48. The van der Waals surface area contributed by atoms with Crippen LogP contribution in [-0.4, -0.2) is 11.7 Å². The van der Waals surface area contributed by atoms with Crippen LogP contribution in [0.4, 0.5) is 10.1 Å². The third kappa shape index (κ3) is 1.64. The molecule has 1 aromatic carbocycles. The van der Waals surface area contributed by atoms with E-state index in [0.717, 1.165) is 5.56 Å². The van der Waals surface area contributed by atoms with Gasteiger partial charge in [0, 0.05) is 0 Å². The minimum absolute atomic E-state index is 0.275. The van der Waals surface area contributed by atoms with Crippen LogP contribution in [0.1, 0.15) is 15.9 Å². The van der Waals surface area contributed by atoms with Crippen molar-refractivity contribution in [1.82, 2.24) is 0 Å². The quantitative estimate of drug-likeness (QED) is 0.779. The minimum atomic E-state index is -0.596. The summed E-state index contributed by atoms with van der Waals surface area (Å²) >= 11 is 1.51. The van der Waals surface area contributed by atoms with Gasteiger partial charge in [-0.25, -0.2) is 4.39 Å². The molecular formula is C13H8FNO2S. The van der Waals surface area contributed by atoms with Crippen molar-refractivity contribution < 1.29 is 14.0 Å². The van der Waals surface area contributed by atoms with Crippen molar-refractivity contribution in [3.8, 4) is 0 Å². The summed E-state index contributed by atoms with van der Waals surface area (Å²) in [5, 5.41) is 3.79. The van der Waals surface area contributed by atoms with E-state index in [1.165, 1.54) is 34.4 Å². The molecule has 3 nitrogen and oxygen atoms in total. The lowest BCUT2D eigenvalue weighted by molar-refractivity contribution is -0.114. The molecule has 1 aliphatic rings. The molecule has 0 saturated carbocycles. The zero-order valence-electron chi connectivity index (χ0n) is 9.22. The molecular weight excluding hydrogens is 253 g/mol. The molecule has 0 spiro atoms. The SMILES string of the molecule is O=C1C(=O)N(Cc2ccsc2)c2cc(F)ccc21. The van der Waals surface area contributed by atoms with Crippen LogP contribution in [-0.2, 0) is 11.3 Å². The highest BCUT2D eigenvalue weighted by Crippen LogP contribution is 2.31. The molecule has 0 fully saturated rings. The van der Waals surface area contributed by atoms with Crippen LogP contribution in [0.15, 0.2) is 35.0 Å². The summed E-state index contributed by atoms with van der Waals surface area (Å²) in [6.07, 6.45) is 0. The molecule has 5 heteroatoms. The Hall–Kier alpha value is -2.01. The van der Waals surface area contributed by atoms with Crippen LogP contribution in [0.25, 0.3) is 0 Å². The number of thiophene rings is 1. The Bertz CT molecular complexity index is 636. The molecule has 0 saturated heterocycles. The molecule has 0 atom stereocenters. The van der Waals surface area contributed by atoms with Crippen LogP contribution < -0.4 is 4.90 Å². The van der Waals surface area contributed by atoms with Crippen LogP contribution in [0.2, 0.25) is 0 Å².